The van der Waals surface area contributed by atoms with Gasteiger partial charge in [-0.3, -0.25) is 9.55 Å². The molecule has 0 saturated carbocycles. The number of carbonyl (C=O) groups excluding carboxylic acids is 1. The summed E-state index contributed by atoms with van der Waals surface area (Å²) in [6, 6.07) is 0.371. The summed E-state index contributed by atoms with van der Waals surface area (Å²) in [7, 11) is -4.76. The Morgan fingerprint density at radius 3 is 2.93 bits per heavy atom. The second-order valence-electron chi connectivity index (χ2n) is 6.53. The van der Waals surface area contributed by atoms with Gasteiger partial charge in [-0.15, -0.1) is 4.28 Å². The standard InChI is InChI=1S/C14H23N7O6S/c15-13(16)18-6-5-17-4-3-10-7-11(19-26-10)12-2-1-9-8-20(12)14(22)21(9)27-28(23,24)25/h7,9,12,17H,1-6,8H2,(H4,15,16,18)(H,23,24,25)/t9-,12+/m1/s1. The van der Waals surface area contributed by atoms with Crippen molar-refractivity contribution < 1.29 is 26.6 Å². The van der Waals surface area contributed by atoms with Gasteiger partial charge in [-0.25, -0.2) is 4.79 Å². The van der Waals surface area contributed by atoms with E-state index >= 15 is 0 Å². The van der Waals surface area contributed by atoms with Crippen LogP contribution in [0.4, 0.5) is 4.79 Å². The lowest BCUT2D eigenvalue weighted by Gasteiger charge is -2.28. The molecule has 13 nitrogen and oxygen atoms in total. The normalized spacial score (nSPS) is 22.0. The fourth-order valence-electron chi connectivity index (χ4n) is 3.34. The molecule has 2 atom stereocenters. The van der Waals surface area contributed by atoms with Crippen LogP contribution < -0.4 is 16.8 Å². The predicted molar refractivity (Wildman–Crippen MR) is 96.1 cm³/mol. The molecular weight excluding hydrogens is 394 g/mol. The molecule has 1 aromatic heterocycles. The number of rotatable bonds is 9. The van der Waals surface area contributed by atoms with Gasteiger partial charge in [-0.05, 0) is 12.8 Å². The SMILES string of the molecule is NC(N)=NCCNCCc1cc([C@@H]2CC[C@@H]3CN2C(=O)N3OS(=O)(=O)O)no1. The largest absolute Gasteiger partial charge is 0.418 e. The number of urea groups is 1. The molecule has 28 heavy (non-hydrogen) atoms. The first-order valence-corrected chi connectivity index (χ1v) is 10.1. The summed E-state index contributed by atoms with van der Waals surface area (Å²) in [4.78, 5) is 17.8. The Hall–Kier alpha value is -2.42. The zero-order chi connectivity index (χ0) is 20.3. The number of hydroxylamine groups is 2. The lowest BCUT2D eigenvalue weighted by atomic mass is 9.98. The number of nitrogens with one attached hydrogen (secondary N) is 1. The van der Waals surface area contributed by atoms with Crippen molar-refractivity contribution in [2.45, 2.75) is 31.3 Å². The van der Waals surface area contributed by atoms with Gasteiger partial charge in [0.2, 0.25) is 0 Å². The van der Waals surface area contributed by atoms with Gasteiger partial charge in [-0.2, -0.15) is 13.5 Å². The van der Waals surface area contributed by atoms with Gasteiger partial charge in [0.25, 0.3) is 0 Å². The molecule has 1 aromatic rings. The van der Waals surface area contributed by atoms with Crippen LogP contribution in [-0.4, -0.2) is 72.3 Å². The third-order valence-electron chi connectivity index (χ3n) is 4.55. The minimum atomic E-state index is -4.76. The Kier molecular flexibility index (Phi) is 6.02. The number of aliphatic imine (C=N–C) groups is 1. The molecule has 6 N–H and O–H groups in total. The Labute approximate surface area is 161 Å². The molecule has 0 aromatic carbocycles. The number of carbonyl (C=O) groups is 1. The molecule has 0 unspecified atom stereocenters. The van der Waals surface area contributed by atoms with Crippen molar-refractivity contribution in [2.24, 2.45) is 16.5 Å². The molecule has 0 spiro atoms. The highest BCUT2D eigenvalue weighted by atomic mass is 32.3. The molecule has 2 bridgehead atoms. The maximum Gasteiger partial charge on any atom is 0.418 e. The fourth-order valence-corrected chi connectivity index (χ4v) is 3.73. The Morgan fingerprint density at radius 2 is 2.21 bits per heavy atom. The summed E-state index contributed by atoms with van der Waals surface area (Å²) < 4.78 is 40.5. The molecule has 0 aliphatic carbocycles. The molecule has 2 aliphatic heterocycles. The van der Waals surface area contributed by atoms with E-state index in [9.17, 15) is 13.2 Å². The first-order valence-electron chi connectivity index (χ1n) is 8.73. The monoisotopic (exact) mass is 417 g/mol. The number of nitrogens with zero attached hydrogens (tertiary/aromatic N) is 4. The Balaban J connectivity index is 1.54. The van der Waals surface area contributed by atoms with Gasteiger partial charge < -0.3 is 26.2 Å². The highest BCUT2D eigenvalue weighted by Crippen LogP contribution is 2.38. The first-order chi connectivity index (χ1) is 13.2. The summed E-state index contributed by atoms with van der Waals surface area (Å²) >= 11 is 0. The van der Waals surface area contributed by atoms with Gasteiger partial charge in [-0.1, -0.05) is 5.16 Å². The van der Waals surface area contributed by atoms with Crippen LogP contribution in [0.25, 0.3) is 0 Å². The molecule has 0 radical (unpaired) electrons. The topological polar surface area (TPSA) is 190 Å². The van der Waals surface area contributed by atoms with E-state index in [2.05, 4.69) is 19.7 Å². The smallest absolute Gasteiger partial charge is 0.370 e. The second-order valence-corrected chi connectivity index (χ2v) is 7.54. The number of nitrogens with two attached hydrogens (primary N) is 2. The first kappa shape index (κ1) is 20.3. The molecule has 3 heterocycles. The minimum Gasteiger partial charge on any atom is -0.370 e. The van der Waals surface area contributed by atoms with Gasteiger partial charge >= 0.3 is 16.4 Å². The quantitative estimate of drug-likeness (QED) is 0.163. The summed E-state index contributed by atoms with van der Waals surface area (Å²) in [6.45, 7) is 2.02. The number of piperidine rings is 1. The van der Waals surface area contributed by atoms with Crippen LogP contribution >= 0.6 is 0 Å². The van der Waals surface area contributed by atoms with Gasteiger partial charge in [0, 0.05) is 32.1 Å². The van der Waals surface area contributed by atoms with E-state index in [1.807, 2.05) is 0 Å². The van der Waals surface area contributed by atoms with Crippen molar-refractivity contribution >= 4 is 22.4 Å². The van der Waals surface area contributed by atoms with Crippen LogP contribution in [0.15, 0.2) is 15.6 Å². The average molecular weight is 417 g/mol. The molecule has 2 amide bonds. The van der Waals surface area contributed by atoms with Crippen LogP contribution in [-0.2, 0) is 21.1 Å². The van der Waals surface area contributed by atoms with Gasteiger partial charge in [0.1, 0.15) is 11.5 Å². The molecule has 2 aliphatic rings. The van der Waals surface area contributed by atoms with E-state index in [0.717, 1.165) is 0 Å². The number of hydrogen-bond acceptors (Lipinski definition) is 8. The lowest BCUT2D eigenvalue weighted by molar-refractivity contribution is -0.0317. The van der Waals surface area contributed by atoms with Crippen LogP contribution in [0.3, 0.4) is 0 Å². The minimum absolute atomic E-state index is 0.0495. The van der Waals surface area contributed by atoms with E-state index in [0.29, 0.717) is 55.4 Å². The molecule has 14 heteroatoms. The van der Waals surface area contributed by atoms with E-state index in [-0.39, 0.29) is 18.5 Å². The van der Waals surface area contributed by atoms with Gasteiger partial charge in [0.15, 0.2) is 5.96 Å². The number of fused-ring (bicyclic) bond motifs is 2. The van der Waals surface area contributed by atoms with Crippen LogP contribution in [0.5, 0.6) is 0 Å². The van der Waals surface area contributed by atoms with Crippen LogP contribution in [0.2, 0.25) is 0 Å². The molecule has 3 rings (SSSR count). The average Bonchev–Trinajstić information content (AvgIpc) is 3.17. The molecule has 156 valence electrons. The van der Waals surface area contributed by atoms with Crippen molar-refractivity contribution in [3.05, 3.63) is 17.5 Å². The number of guanidine groups is 1. The Bertz CT molecular complexity index is 837. The predicted octanol–water partition coefficient (Wildman–Crippen LogP) is -1.24. The molecular formula is C14H23N7O6S. The van der Waals surface area contributed by atoms with Crippen molar-refractivity contribution in [1.29, 1.82) is 0 Å². The maximum absolute atomic E-state index is 12.4. The highest BCUT2D eigenvalue weighted by molar-refractivity contribution is 7.80. The lowest BCUT2D eigenvalue weighted by Crippen LogP contribution is -2.35. The van der Waals surface area contributed by atoms with Crippen molar-refractivity contribution in [2.75, 3.05) is 26.2 Å². The van der Waals surface area contributed by atoms with Crippen molar-refractivity contribution in [3.63, 3.8) is 0 Å². The van der Waals surface area contributed by atoms with Crippen molar-refractivity contribution in [1.82, 2.24) is 20.4 Å². The van der Waals surface area contributed by atoms with Crippen LogP contribution in [0, 0.1) is 0 Å². The summed E-state index contributed by atoms with van der Waals surface area (Å²) in [5, 5.41) is 7.92. The third kappa shape index (κ3) is 4.89. The summed E-state index contributed by atoms with van der Waals surface area (Å²) in [5.74, 6) is 0.706. The van der Waals surface area contributed by atoms with E-state index in [1.54, 1.807) is 6.07 Å². The van der Waals surface area contributed by atoms with Crippen LogP contribution in [0.1, 0.15) is 30.3 Å². The molecule has 2 saturated heterocycles. The van der Waals surface area contributed by atoms with E-state index in [1.165, 1.54) is 4.90 Å². The van der Waals surface area contributed by atoms with Crippen molar-refractivity contribution in [3.8, 4) is 0 Å². The van der Waals surface area contributed by atoms with Gasteiger partial charge in [0.05, 0.1) is 18.6 Å². The maximum atomic E-state index is 12.4. The number of aromatic nitrogens is 1. The number of amides is 2. The summed E-state index contributed by atoms with van der Waals surface area (Å²) in [5.41, 5.74) is 11.1. The zero-order valence-corrected chi connectivity index (χ0v) is 15.8. The molecule has 2 fully saturated rings. The third-order valence-corrected chi connectivity index (χ3v) is 4.90. The summed E-state index contributed by atoms with van der Waals surface area (Å²) in [6.07, 6.45) is 1.68. The zero-order valence-electron chi connectivity index (χ0n) is 15.0. The Morgan fingerprint density at radius 1 is 1.43 bits per heavy atom. The fraction of sp³-hybridized carbons (Fsp3) is 0.643. The highest BCUT2D eigenvalue weighted by Gasteiger charge is 2.48. The van der Waals surface area contributed by atoms with E-state index in [4.69, 9.17) is 20.5 Å². The van der Waals surface area contributed by atoms with E-state index < -0.39 is 22.5 Å². The number of hydrogen-bond donors (Lipinski definition) is 4. The second kappa shape index (κ2) is 8.30.